The zero-order valence-corrected chi connectivity index (χ0v) is 13.4. The van der Waals surface area contributed by atoms with Gasteiger partial charge in [-0.2, -0.15) is 4.31 Å². The van der Waals surface area contributed by atoms with Gasteiger partial charge in [0.05, 0.1) is 17.0 Å². The van der Waals surface area contributed by atoms with E-state index in [1.165, 1.54) is 4.31 Å². The average molecular weight is 312 g/mol. The molecule has 0 radical (unpaired) electrons. The van der Waals surface area contributed by atoms with Crippen LogP contribution in [0.15, 0.2) is 29.2 Å². The maximum absolute atomic E-state index is 12.6. The molecule has 1 aromatic carbocycles. The average Bonchev–Trinajstić information content (AvgIpc) is 2.47. The van der Waals surface area contributed by atoms with Crippen molar-refractivity contribution in [1.82, 2.24) is 4.31 Å². The monoisotopic (exact) mass is 312 g/mol. The van der Waals surface area contributed by atoms with E-state index in [4.69, 9.17) is 5.73 Å². The summed E-state index contributed by atoms with van der Waals surface area (Å²) in [4.78, 5) is 0.243. The summed E-state index contributed by atoms with van der Waals surface area (Å²) in [5.74, 6) is 0. The quantitative estimate of drug-likeness (QED) is 0.885. The third-order valence-corrected chi connectivity index (χ3v) is 6.14. The highest BCUT2D eigenvalue weighted by Gasteiger charge is 2.34. The molecule has 0 heterocycles. The zero-order valence-electron chi connectivity index (χ0n) is 12.6. The number of likely N-dealkylation sites (N-methyl/N-ethyl adjacent to an activating group) is 1. The van der Waals surface area contributed by atoms with E-state index < -0.39 is 16.1 Å². The number of aliphatic hydroxyl groups is 1. The van der Waals surface area contributed by atoms with Gasteiger partial charge in [0.2, 0.25) is 10.0 Å². The second-order valence-electron chi connectivity index (χ2n) is 5.80. The maximum atomic E-state index is 12.6. The number of aliphatic hydroxyl groups excluding tert-OH is 1. The van der Waals surface area contributed by atoms with Crippen LogP contribution in [0.2, 0.25) is 0 Å². The van der Waals surface area contributed by atoms with Gasteiger partial charge < -0.3 is 10.8 Å². The van der Waals surface area contributed by atoms with E-state index in [-0.39, 0.29) is 17.0 Å². The SMILES string of the molecule is CC(N)c1ccc(S(=O)(=O)N(C)C2CCCCC2O)cc1. The molecule has 5 nitrogen and oxygen atoms in total. The molecule has 3 unspecified atom stereocenters. The van der Waals surface area contributed by atoms with Gasteiger partial charge in [-0.05, 0) is 37.5 Å². The number of hydrogen-bond donors (Lipinski definition) is 2. The Morgan fingerprint density at radius 3 is 2.33 bits per heavy atom. The second-order valence-corrected chi connectivity index (χ2v) is 7.80. The molecule has 118 valence electrons. The van der Waals surface area contributed by atoms with Gasteiger partial charge in [-0.25, -0.2) is 8.42 Å². The Morgan fingerprint density at radius 1 is 1.24 bits per heavy atom. The van der Waals surface area contributed by atoms with Gasteiger partial charge in [-0.15, -0.1) is 0 Å². The van der Waals surface area contributed by atoms with Gasteiger partial charge in [-0.1, -0.05) is 25.0 Å². The van der Waals surface area contributed by atoms with Crippen molar-refractivity contribution >= 4 is 10.0 Å². The molecule has 0 saturated heterocycles. The number of benzene rings is 1. The fourth-order valence-corrected chi connectivity index (χ4v) is 4.22. The summed E-state index contributed by atoms with van der Waals surface area (Å²) in [6, 6.07) is 6.18. The van der Waals surface area contributed by atoms with Crippen molar-refractivity contribution in [2.75, 3.05) is 7.05 Å². The van der Waals surface area contributed by atoms with Crippen LogP contribution in [-0.4, -0.2) is 37.0 Å². The Bertz CT molecular complexity index is 569. The van der Waals surface area contributed by atoms with E-state index in [0.717, 1.165) is 18.4 Å². The molecule has 1 aromatic rings. The number of nitrogens with zero attached hydrogens (tertiary/aromatic N) is 1. The Hall–Kier alpha value is -0.950. The van der Waals surface area contributed by atoms with E-state index >= 15 is 0 Å². The summed E-state index contributed by atoms with van der Waals surface area (Å²) >= 11 is 0. The highest BCUT2D eigenvalue weighted by Crippen LogP contribution is 2.27. The van der Waals surface area contributed by atoms with Crippen LogP contribution in [0.4, 0.5) is 0 Å². The van der Waals surface area contributed by atoms with E-state index in [2.05, 4.69) is 0 Å². The minimum absolute atomic E-state index is 0.125. The molecule has 0 amide bonds. The lowest BCUT2D eigenvalue weighted by molar-refractivity contribution is 0.0638. The highest BCUT2D eigenvalue weighted by atomic mass is 32.2. The Balaban J connectivity index is 2.24. The third kappa shape index (κ3) is 3.45. The summed E-state index contributed by atoms with van der Waals surface area (Å²) in [7, 11) is -2.03. The van der Waals surface area contributed by atoms with Gasteiger partial charge in [-0.3, -0.25) is 0 Å². The molecule has 0 spiro atoms. The maximum Gasteiger partial charge on any atom is 0.243 e. The molecular formula is C15H24N2O3S. The Morgan fingerprint density at radius 2 is 1.81 bits per heavy atom. The van der Waals surface area contributed by atoms with Crippen LogP contribution in [0.1, 0.15) is 44.2 Å². The minimum Gasteiger partial charge on any atom is -0.391 e. The van der Waals surface area contributed by atoms with Gasteiger partial charge in [0.1, 0.15) is 0 Å². The van der Waals surface area contributed by atoms with Crippen molar-refractivity contribution in [3.8, 4) is 0 Å². The molecule has 0 aromatic heterocycles. The first kappa shape index (κ1) is 16.4. The van der Waals surface area contributed by atoms with Crippen molar-refractivity contribution in [3.63, 3.8) is 0 Å². The van der Waals surface area contributed by atoms with Crippen LogP contribution < -0.4 is 5.73 Å². The smallest absolute Gasteiger partial charge is 0.243 e. The molecule has 0 bridgehead atoms. The van der Waals surface area contributed by atoms with Gasteiger partial charge in [0, 0.05) is 13.1 Å². The molecule has 1 aliphatic rings. The van der Waals surface area contributed by atoms with Crippen molar-refractivity contribution < 1.29 is 13.5 Å². The first-order chi connectivity index (χ1) is 9.84. The molecule has 6 heteroatoms. The molecule has 21 heavy (non-hydrogen) atoms. The molecule has 2 rings (SSSR count). The van der Waals surface area contributed by atoms with Crippen LogP contribution >= 0.6 is 0 Å². The number of sulfonamides is 1. The van der Waals surface area contributed by atoms with Gasteiger partial charge in [0.25, 0.3) is 0 Å². The molecular weight excluding hydrogens is 288 g/mol. The number of hydrogen-bond acceptors (Lipinski definition) is 4. The highest BCUT2D eigenvalue weighted by molar-refractivity contribution is 7.89. The molecule has 3 N–H and O–H groups in total. The van der Waals surface area contributed by atoms with E-state index in [1.54, 1.807) is 31.3 Å². The van der Waals surface area contributed by atoms with Crippen LogP contribution in [0, 0.1) is 0 Å². The molecule has 1 aliphatic carbocycles. The number of nitrogens with two attached hydrogens (primary N) is 1. The largest absolute Gasteiger partial charge is 0.391 e. The lowest BCUT2D eigenvalue weighted by atomic mass is 9.93. The van der Waals surface area contributed by atoms with Crippen LogP contribution in [0.3, 0.4) is 0 Å². The van der Waals surface area contributed by atoms with Crippen LogP contribution in [0.25, 0.3) is 0 Å². The summed E-state index contributed by atoms with van der Waals surface area (Å²) in [6.07, 6.45) is 2.69. The predicted molar refractivity (Wildman–Crippen MR) is 82.3 cm³/mol. The second kappa shape index (κ2) is 6.44. The van der Waals surface area contributed by atoms with Crippen molar-refractivity contribution in [2.45, 2.75) is 55.7 Å². The normalized spacial score (nSPS) is 25.0. The zero-order chi connectivity index (χ0) is 15.6. The van der Waals surface area contributed by atoms with E-state index in [9.17, 15) is 13.5 Å². The fourth-order valence-electron chi connectivity index (χ4n) is 2.80. The van der Waals surface area contributed by atoms with Crippen molar-refractivity contribution in [1.29, 1.82) is 0 Å². The van der Waals surface area contributed by atoms with Crippen molar-refractivity contribution in [2.24, 2.45) is 5.73 Å². The molecule has 3 atom stereocenters. The topological polar surface area (TPSA) is 83.6 Å². The van der Waals surface area contributed by atoms with Crippen molar-refractivity contribution in [3.05, 3.63) is 29.8 Å². The molecule has 0 aliphatic heterocycles. The number of rotatable bonds is 4. The summed E-state index contributed by atoms with van der Waals surface area (Å²) in [5, 5.41) is 10.0. The first-order valence-corrected chi connectivity index (χ1v) is 8.79. The molecule has 1 saturated carbocycles. The fraction of sp³-hybridized carbons (Fsp3) is 0.600. The van der Waals surface area contributed by atoms with Gasteiger partial charge >= 0.3 is 0 Å². The van der Waals surface area contributed by atoms with E-state index in [0.29, 0.717) is 12.8 Å². The lowest BCUT2D eigenvalue weighted by Gasteiger charge is -2.34. The Labute approximate surface area is 126 Å². The summed E-state index contributed by atoms with van der Waals surface area (Å²) < 4.78 is 26.6. The van der Waals surface area contributed by atoms with Gasteiger partial charge in [0.15, 0.2) is 0 Å². The third-order valence-electron chi connectivity index (χ3n) is 4.24. The molecule has 1 fully saturated rings. The minimum atomic E-state index is -3.58. The first-order valence-electron chi connectivity index (χ1n) is 7.35. The van der Waals surface area contributed by atoms with Crippen LogP contribution in [-0.2, 0) is 10.0 Å². The summed E-state index contributed by atoms with van der Waals surface area (Å²) in [6.45, 7) is 1.86. The lowest BCUT2D eigenvalue weighted by Crippen LogP contribution is -2.46. The van der Waals surface area contributed by atoms with E-state index in [1.807, 2.05) is 6.92 Å². The predicted octanol–water partition coefficient (Wildman–Crippen LogP) is 1.63. The standard InChI is InChI=1S/C15H24N2O3S/c1-11(16)12-7-9-13(10-8-12)21(19,20)17(2)14-5-3-4-6-15(14)18/h7-11,14-15,18H,3-6,16H2,1-2H3. The van der Waals surface area contributed by atoms with Crippen LogP contribution in [0.5, 0.6) is 0 Å². The summed E-state index contributed by atoms with van der Waals surface area (Å²) in [5.41, 5.74) is 6.67. The Kier molecular flexibility index (Phi) is 5.03.